The second-order valence-electron chi connectivity index (χ2n) is 3.38. The molecule has 8 heteroatoms. The Labute approximate surface area is 106 Å². The topological polar surface area (TPSA) is 80.3 Å². The third-order valence-corrected chi connectivity index (χ3v) is 4.74. The van der Waals surface area contributed by atoms with E-state index in [-0.39, 0.29) is 22.2 Å². The van der Waals surface area contributed by atoms with Crippen molar-refractivity contribution in [2.24, 2.45) is 0 Å². The summed E-state index contributed by atoms with van der Waals surface area (Å²) in [5.74, 6) is -0.330. The molecule has 1 aromatic rings. The van der Waals surface area contributed by atoms with E-state index >= 15 is 0 Å². The molecule has 0 heterocycles. The number of halogens is 1. The minimum atomic E-state index is -3.61. The highest BCUT2D eigenvalue weighted by molar-refractivity contribution is 7.93. The summed E-state index contributed by atoms with van der Waals surface area (Å²) < 4.78 is 48.1. The van der Waals surface area contributed by atoms with Crippen molar-refractivity contribution in [1.82, 2.24) is 0 Å². The summed E-state index contributed by atoms with van der Waals surface area (Å²) in [6.07, 6.45) is 1.02. The minimum absolute atomic E-state index is 0.0418. The Morgan fingerprint density at radius 3 is 2.29 bits per heavy atom. The lowest BCUT2D eigenvalue weighted by atomic mass is 10.3. The van der Waals surface area contributed by atoms with Crippen LogP contribution in [0, 0.1) is 0 Å². The van der Waals surface area contributed by atoms with Gasteiger partial charge in [-0.25, -0.2) is 16.8 Å². The lowest BCUT2D eigenvalue weighted by Crippen LogP contribution is -2.19. The fraction of sp³-hybridized carbons (Fsp3) is 0.333. The molecule has 0 saturated carbocycles. The molecular weight excluding hydrogens is 286 g/mol. The number of hydrogen-bond acceptors (Lipinski definition) is 4. The molecule has 17 heavy (non-hydrogen) atoms. The highest BCUT2D eigenvalue weighted by Gasteiger charge is 2.17. The van der Waals surface area contributed by atoms with E-state index in [1.54, 1.807) is 6.07 Å². The Hall–Kier alpha value is -0.790. The Balaban J connectivity index is 3.17. The van der Waals surface area contributed by atoms with Gasteiger partial charge >= 0.3 is 0 Å². The number of benzene rings is 1. The number of sulfone groups is 1. The number of nitrogens with one attached hydrogen (secondary N) is 1. The van der Waals surface area contributed by atoms with Crippen LogP contribution < -0.4 is 4.72 Å². The molecule has 0 fully saturated rings. The summed E-state index contributed by atoms with van der Waals surface area (Å²) in [5, 5.41) is 0. The first-order valence-corrected chi connectivity index (χ1v) is 8.69. The molecule has 0 aliphatic heterocycles. The van der Waals surface area contributed by atoms with Crippen LogP contribution in [-0.4, -0.2) is 34.7 Å². The molecule has 1 aromatic carbocycles. The van der Waals surface area contributed by atoms with Crippen molar-refractivity contribution < 1.29 is 16.8 Å². The van der Waals surface area contributed by atoms with Crippen molar-refractivity contribution in [3.05, 3.63) is 24.3 Å². The zero-order chi connectivity index (χ0) is 13.1. The maximum atomic E-state index is 11.5. The van der Waals surface area contributed by atoms with Gasteiger partial charge in [-0.15, -0.1) is 11.6 Å². The van der Waals surface area contributed by atoms with Crippen LogP contribution in [0.25, 0.3) is 0 Å². The van der Waals surface area contributed by atoms with Gasteiger partial charge in [0.1, 0.15) is 0 Å². The van der Waals surface area contributed by atoms with E-state index in [1.165, 1.54) is 18.2 Å². The molecule has 0 spiro atoms. The maximum absolute atomic E-state index is 11.5. The van der Waals surface area contributed by atoms with Crippen LogP contribution in [0.5, 0.6) is 0 Å². The molecule has 0 aliphatic carbocycles. The SMILES string of the molecule is CS(=O)(=O)c1ccccc1NS(=O)(=O)CCCl. The molecule has 0 bridgehead atoms. The molecule has 0 radical (unpaired) electrons. The average Bonchev–Trinajstić information content (AvgIpc) is 2.15. The average molecular weight is 298 g/mol. The van der Waals surface area contributed by atoms with Crippen LogP contribution in [0.4, 0.5) is 5.69 Å². The van der Waals surface area contributed by atoms with E-state index in [0.717, 1.165) is 6.26 Å². The first-order chi connectivity index (χ1) is 7.76. The number of hydrogen-bond donors (Lipinski definition) is 1. The number of rotatable bonds is 5. The quantitative estimate of drug-likeness (QED) is 0.825. The van der Waals surface area contributed by atoms with Crippen LogP contribution in [0.15, 0.2) is 29.2 Å². The Bertz CT molecular complexity index is 595. The molecule has 0 amide bonds. The van der Waals surface area contributed by atoms with E-state index in [4.69, 9.17) is 11.6 Å². The van der Waals surface area contributed by atoms with E-state index in [0.29, 0.717) is 0 Å². The molecule has 1 rings (SSSR count). The van der Waals surface area contributed by atoms with Gasteiger partial charge < -0.3 is 0 Å². The van der Waals surface area contributed by atoms with Gasteiger partial charge in [0.25, 0.3) is 0 Å². The van der Waals surface area contributed by atoms with Crippen molar-refractivity contribution in [2.75, 3.05) is 22.6 Å². The number of anilines is 1. The fourth-order valence-electron chi connectivity index (χ4n) is 1.19. The second kappa shape index (κ2) is 5.24. The van der Waals surface area contributed by atoms with Crippen molar-refractivity contribution in [3.8, 4) is 0 Å². The Morgan fingerprint density at radius 2 is 1.76 bits per heavy atom. The normalized spacial score (nSPS) is 12.4. The summed E-state index contributed by atoms with van der Waals surface area (Å²) in [5.41, 5.74) is 0.0418. The van der Waals surface area contributed by atoms with Crippen LogP contribution in [-0.2, 0) is 19.9 Å². The fourth-order valence-corrected chi connectivity index (χ4v) is 3.53. The lowest BCUT2D eigenvalue weighted by Gasteiger charge is -2.10. The van der Waals surface area contributed by atoms with Crippen molar-refractivity contribution in [3.63, 3.8) is 0 Å². The molecule has 96 valence electrons. The van der Waals surface area contributed by atoms with Crippen molar-refractivity contribution in [2.45, 2.75) is 4.90 Å². The van der Waals surface area contributed by atoms with Gasteiger partial charge in [-0.3, -0.25) is 4.72 Å². The lowest BCUT2D eigenvalue weighted by molar-refractivity contribution is 0.602. The van der Waals surface area contributed by atoms with Gasteiger partial charge in [-0.05, 0) is 12.1 Å². The second-order valence-corrected chi connectivity index (χ2v) is 7.58. The van der Waals surface area contributed by atoms with Gasteiger partial charge in [0.15, 0.2) is 9.84 Å². The maximum Gasteiger partial charge on any atom is 0.233 e. The first-order valence-electron chi connectivity index (χ1n) is 4.62. The Kier molecular flexibility index (Phi) is 4.40. The molecule has 0 saturated heterocycles. The molecule has 5 nitrogen and oxygen atoms in total. The summed E-state index contributed by atoms with van der Waals surface area (Å²) in [6, 6.07) is 5.80. The van der Waals surface area contributed by atoms with Crippen molar-refractivity contribution in [1.29, 1.82) is 0 Å². The molecule has 1 N–H and O–H groups in total. The highest BCUT2D eigenvalue weighted by Crippen LogP contribution is 2.21. The van der Waals surface area contributed by atoms with E-state index in [1.807, 2.05) is 0 Å². The van der Waals surface area contributed by atoms with Crippen LogP contribution >= 0.6 is 11.6 Å². The zero-order valence-corrected chi connectivity index (χ0v) is 11.4. The van der Waals surface area contributed by atoms with Crippen molar-refractivity contribution >= 4 is 37.1 Å². The number of alkyl halides is 1. The van der Waals surface area contributed by atoms with Gasteiger partial charge in [-0.1, -0.05) is 12.1 Å². The summed E-state index contributed by atoms with van der Waals surface area (Å²) in [4.78, 5) is -0.0573. The van der Waals surface area contributed by atoms with Gasteiger partial charge in [0.05, 0.1) is 16.3 Å². The molecular formula is C9H12ClNO4S2. The van der Waals surface area contributed by atoms with Gasteiger partial charge in [0, 0.05) is 12.1 Å². The molecule has 0 aromatic heterocycles. The third kappa shape index (κ3) is 4.18. The summed E-state index contributed by atoms with van der Waals surface area (Å²) in [7, 11) is -7.09. The van der Waals surface area contributed by atoms with E-state index in [9.17, 15) is 16.8 Å². The molecule has 0 aliphatic rings. The standard InChI is InChI=1S/C9H12ClNO4S2/c1-16(12,13)9-5-3-2-4-8(9)11-17(14,15)7-6-10/h2-5,11H,6-7H2,1H3. The van der Waals surface area contributed by atoms with Gasteiger partial charge in [-0.2, -0.15) is 0 Å². The highest BCUT2D eigenvalue weighted by atomic mass is 35.5. The predicted molar refractivity (Wildman–Crippen MR) is 67.7 cm³/mol. The zero-order valence-electron chi connectivity index (χ0n) is 9.05. The summed E-state index contributed by atoms with van der Waals surface area (Å²) >= 11 is 5.34. The third-order valence-electron chi connectivity index (χ3n) is 1.90. The van der Waals surface area contributed by atoms with Gasteiger partial charge in [0.2, 0.25) is 10.0 Å². The number of para-hydroxylation sites is 1. The van der Waals surface area contributed by atoms with Crippen LogP contribution in [0.1, 0.15) is 0 Å². The number of sulfonamides is 1. The monoisotopic (exact) mass is 297 g/mol. The predicted octanol–water partition coefficient (Wildman–Crippen LogP) is 1.07. The Morgan fingerprint density at radius 1 is 1.18 bits per heavy atom. The van der Waals surface area contributed by atoms with Crippen LogP contribution in [0.3, 0.4) is 0 Å². The van der Waals surface area contributed by atoms with E-state index in [2.05, 4.69) is 4.72 Å². The van der Waals surface area contributed by atoms with Crippen LogP contribution in [0.2, 0.25) is 0 Å². The molecule has 0 unspecified atom stereocenters. The summed E-state index contributed by atoms with van der Waals surface area (Å²) in [6.45, 7) is 0. The largest absolute Gasteiger partial charge is 0.282 e. The van der Waals surface area contributed by atoms with E-state index < -0.39 is 19.9 Å². The minimum Gasteiger partial charge on any atom is -0.282 e. The first kappa shape index (κ1) is 14.3. The smallest absolute Gasteiger partial charge is 0.233 e. The molecule has 0 atom stereocenters.